The molecule has 0 saturated heterocycles. The van der Waals surface area contributed by atoms with Crippen molar-refractivity contribution in [2.75, 3.05) is 14.1 Å². The van der Waals surface area contributed by atoms with Crippen molar-refractivity contribution >= 4 is 34.9 Å². The fourth-order valence-electron chi connectivity index (χ4n) is 3.78. The van der Waals surface area contributed by atoms with Crippen molar-refractivity contribution in [3.05, 3.63) is 93.8 Å². The van der Waals surface area contributed by atoms with E-state index in [0.29, 0.717) is 5.56 Å². The molecule has 148 valence electrons. The molecule has 0 unspecified atom stereocenters. The molecular weight excluding hydrogens is 374 g/mol. The van der Waals surface area contributed by atoms with Crippen molar-refractivity contribution in [2.45, 2.75) is 6.42 Å². The van der Waals surface area contributed by atoms with Crippen molar-refractivity contribution in [1.29, 1.82) is 0 Å². The molecule has 2 aromatic heterocycles. The van der Waals surface area contributed by atoms with E-state index >= 15 is 0 Å². The summed E-state index contributed by atoms with van der Waals surface area (Å²) < 4.78 is 6.03. The number of amides is 1. The van der Waals surface area contributed by atoms with Gasteiger partial charge in [0.15, 0.2) is 0 Å². The van der Waals surface area contributed by atoms with Crippen molar-refractivity contribution < 1.29 is 9.21 Å². The first kappa shape index (κ1) is 18.2. The number of carbonyl (C=O) groups is 1. The molecule has 1 aromatic carbocycles. The summed E-state index contributed by atoms with van der Waals surface area (Å²) in [4.78, 5) is 19.1. The third-order valence-corrected chi connectivity index (χ3v) is 5.45. The Kier molecular flexibility index (Phi) is 4.36. The van der Waals surface area contributed by atoms with E-state index in [2.05, 4.69) is 21.3 Å². The number of allylic oxidation sites excluding steroid dienone is 4. The Hall–Kier alpha value is -3.86. The van der Waals surface area contributed by atoms with E-state index in [4.69, 9.17) is 4.42 Å². The number of likely N-dealkylation sites (N-methyl/N-ethyl adjacent to an activating group) is 1. The second kappa shape index (κ2) is 7.19. The molecule has 3 aromatic rings. The van der Waals surface area contributed by atoms with Gasteiger partial charge >= 0.3 is 0 Å². The van der Waals surface area contributed by atoms with E-state index in [9.17, 15) is 4.79 Å². The summed E-state index contributed by atoms with van der Waals surface area (Å²) in [6, 6.07) is 7.52. The van der Waals surface area contributed by atoms with Crippen LogP contribution in [0.25, 0.3) is 29.0 Å². The predicted molar refractivity (Wildman–Crippen MR) is 119 cm³/mol. The fourth-order valence-corrected chi connectivity index (χ4v) is 3.78. The predicted octanol–water partition coefficient (Wildman–Crippen LogP) is 2.73. The molecule has 5 rings (SSSR count). The Morgan fingerprint density at radius 1 is 1.10 bits per heavy atom. The largest absolute Gasteiger partial charge is 0.456 e. The van der Waals surface area contributed by atoms with Gasteiger partial charge in [-0.25, -0.2) is 0 Å². The zero-order chi connectivity index (χ0) is 20.7. The number of nitrogens with zero attached hydrogens (tertiary/aromatic N) is 2. The molecule has 0 aliphatic heterocycles. The molecule has 0 radical (unpaired) electrons. The summed E-state index contributed by atoms with van der Waals surface area (Å²) in [5.41, 5.74) is 6.39. The van der Waals surface area contributed by atoms with Crippen molar-refractivity contribution in [3.63, 3.8) is 0 Å². The van der Waals surface area contributed by atoms with Crippen LogP contribution in [0.1, 0.15) is 21.5 Å². The van der Waals surface area contributed by atoms with Gasteiger partial charge in [0.1, 0.15) is 10.8 Å². The minimum atomic E-state index is -0.147. The number of rotatable bonds is 3. The van der Waals surface area contributed by atoms with Crippen molar-refractivity contribution in [2.24, 2.45) is 0 Å². The second-order valence-corrected chi connectivity index (χ2v) is 7.64. The summed E-state index contributed by atoms with van der Waals surface area (Å²) in [6.45, 7) is 0. The Morgan fingerprint density at radius 2 is 2.00 bits per heavy atom. The van der Waals surface area contributed by atoms with Crippen molar-refractivity contribution in [1.82, 2.24) is 15.2 Å². The second-order valence-electron chi connectivity index (χ2n) is 7.64. The maximum absolute atomic E-state index is 12.9. The van der Waals surface area contributed by atoms with Gasteiger partial charge in [-0.3, -0.25) is 9.78 Å². The van der Waals surface area contributed by atoms with E-state index in [1.807, 2.05) is 68.7 Å². The fraction of sp³-hybridized carbons (Fsp3) is 0.120. The number of pyridine rings is 1. The molecule has 0 bridgehead atoms. The van der Waals surface area contributed by atoms with E-state index in [1.165, 1.54) is 5.70 Å². The molecule has 1 N–H and O–H groups in total. The van der Waals surface area contributed by atoms with E-state index in [0.717, 1.165) is 44.8 Å². The Bertz CT molecular complexity index is 1390. The number of carbonyl (C=O) groups excluding carboxylic acids is 1. The van der Waals surface area contributed by atoms with E-state index in [-0.39, 0.29) is 5.91 Å². The van der Waals surface area contributed by atoms with Gasteiger partial charge in [0.2, 0.25) is 0 Å². The van der Waals surface area contributed by atoms with Crippen LogP contribution in [0.3, 0.4) is 0 Å². The molecular formula is C25H21N3O2. The highest BCUT2D eigenvalue weighted by Gasteiger charge is 2.17. The van der Waals surface area contributed by atoms with Crippen LogP contribution in [0.2, 0.25) is 0 Å². The first-order chi connectivity index (χ1) is 14.6. The molecule has 2 aliphatic carbocycles. The molecule has 5 heteroatoms. The van der Waals surface area contributed by atoms with Crippen LogP contribution in [0, 0.1) is 0 Å². The lowest BCUT2D eigenvalue weighted by Gasteiger charge is -2.18. The molecule has 1 amide bonds. The lowest BCUT2D eigenvalue weighted by molar-refractivity contribution is 0.0967. The highest BCUT2D eigenvalue weighted by atomic mass is 16.3. The Balaban J connectivity index is 1.46. The van der Waals surface area contributed by atoms with Crippen LogP contribution in [0.4, 0.5) is 0 Å². The van der Waals surface area contributed by atoms with Crippen LogP contribution < -0.4 is 16.1 Å². The summed E-state index contributed by atoms with van der Waals surface area (Å²) in [5.74, 6) is -0.147. The number of hydrogen-bond acceptors (Lipinski definition) is 4. The third kappa shape index (κ3) is 3.24. The Morgan fingerprint density at radius 3 is 2.87 bits per heavy atom. The number of furan rings is 1. The molecule has 30 heavy (non-hydrogen) atoms. The minimum Gasteiger partial charge on any atom is -0.456 e. The van der Waals surface area contributed by atoms with Crippen LogP contribution in [0.5, 0.6) is 0 Å². The van der Waals surface area contributed by atoms with Gasteiger partial charge in [0, 0.05) is 66.4 Å². The maximum Gasteiger partial charge on any atom is 0.255 e. The number of aromatic nitrogens is 1. The number of nitrogens with one attached hydrogen (secondary N) is 1. The van der Waals surface area contributed by atoms with Crippen LogP contribution >= 0.6 is 0 Å². The quantitative estimate of drug-likeness (QED) is 0.741. The highest BCUT2D eigenvalue weighted by molar-refractivity contribution is 5.99. The van der Waals surface area contributed by atoms with Gasteiger partial charge < -0.3 is 14.6 Å². The standard InChI is InChI=1S/C25H21N3O2/c1-28(2)20-8-9-24-22(14-20)21-13-19(4-3-5-23(21)30-24)27-25(29)17-6-7-18-15-26-11-10-16(18)12-17/h3-13,15H,14H2,1-2H3,(H,27,29). The SMILES string of the molecule is CN(C)C1=CC=c2oc3c(c2C1)C=C(NC(=O)c1ccc2cnccc2c1)C=CC=3. The van der Waals surface area contributed by atoms with Crippen LogP contribution in [-0.2, 0) is 6.42 Å². The van der Waals surface area contributed by atoms with Crippen LogP contribution in [0.15, 0.2) is 70.7 Å². The maximum atomic E-state index is 12.9. The van der Waals surface area contributed by atoms with Crippen molar-refractivity contribution in [3.8, 4) is 0 Å². The van der Waals surface area contributed by atoms with Gasteiger partial charge in [-0.15, -0.1) is 0 Å². The molecule has 2 heterocycles. The summed E-state index contributed by atoms with van der Waals surface area (Å²) in [6.07, 6.45) is 16.1. The van der Waals surface area contributed by atoms with Gasteiger partial charge in [0.05, 0.1) is 0 Å². The molecule has 5 nitrogen and oxygen atoms in total. The Labute approximate surface area is 174 Å². The molecule has 0 atom stereocenters. The average Bonchev–Trinajstić information content (AvgIpc) is 2.97. The number of hydrogen-bond donors (Lipinski definition) is 1. The monoisotopic (exact) mass is 395 g/mol. The molecule has 0 spiro atoms. The first-order valence-electron chi connectivity index (χ1n) is 9.83. The minimum absolute atomic E-state index is 0.147. The van der Waals surface area contributed by atoms with Gasteiger partial charge in [-0.2, -0.15) is 0 Å². The topological polar surface area (TPSA) is 58.4 Å². The zero-order valence-electron chi connectivity index (χ0n) is 16.8. The zero-order valence-corrected chi connectivity index (χ0v) is 16.8. The molecule has 0 saturated carbocycles. The highest BCUT2D eigenvalue weighted by Crippen LogP contribution is 2.18. The number of fused-ring (bicyclic) bond motifs is 4. The smallest absolute Gasteiger partial charge is 0.255 e. The lowest BCUT2D eigenvalue weighted by atomic mass is 10.0. The molecule has 0 fully saturated rings. The van der Waals surface area contributed by atoms with Gasteiger partial charge in [-0.05, 0) is 54.0 Å². The summed E-state index contributed by atoms with van der Waals surface area (Å²) in [7, 11) is 4.08. The van der Waals surface area contributed by atoms with E-state index in [1.54, 1.807) is 12.4 Å². The summed E-state index contributed by atoms with van der Waals surface area (Å²) >= 11 is 0. The first-order valence-corrected chi connectivity index (χ1v) is 9.83. The average molecular weight is 395 g/mol. The number of benzene rings is 1. The lowest BCUT2D eigenvalue weighted by Crippen LogP contribution is -2.22. The van der Waals surface area contributed by atoms with E-state index < -0.39 is 0 Å². The van der Waals surface area contributed by atoms with Gasteiger partial charge in [-0.1, -0.05) is 12.1 Å². The van der Waals surface area contributed by atoms with Gasteiger partial charge in [0.25, 0.3) is 5.91 Å². The van der Waals surface area contributed by atoms with Crippen LogP contribution in [-0.4, -0.2) is 29.9 Å². The summed E-state index contributed by atoms with van der Waals surface area (Å²) in [5, 5.41) is 5.03. The molecule has 2 aliphatic rings. The third-order valence-electron chi connectivity index (χ3n) is 5.45. The normalized spacial score (nSPS) is 14.5.